The van der Waals surface area contributed by atoms with E-state index in [2.05, 4.69) is 39.2 Å². The summed E-state index contributed by atoms with van der Waals surface area (Å²) in [4.78, 5) is 2.38. The van der Waals surface area contributed by atoms with Gasteiger partial charge in [0.05, 0.1) is 0 Å². The molecule has 0 saturated heterocycles. The van der Waals surface area contributed by atoms with Crippen LogP contribution in [0.15, 0.2) is 12.3 Å². The van der Waals surface area contributed by atoms with Crippen LogP contribution >= 0.6 is 0 Å². The van der Waals surface area contributed by atoms with Crippen molar-refractivity contribution in [1.82, 2.24) is 4.90 Å². The summed E-state index contributed by atoms with van der Waals surface area (Å²) in [7, 11) is 0. The van der Waals surface area contributed by atoms with Gasteiger partial charge < -0.3 is 4.90 Å². The van der Waals surface area contributed by atoms with Crippen molar-refractivity contribution in [3.05, 3.63) is 12.3 Å². The second-order valence-corrected chi connectivity index (χ2v) is 3.47. The van der Waals surface area contributed by atoms with Crippen LogP contribution in [0.2, 0.25) is 0 Å². The van der Waals surface area contributed by atoms with E-state index < -0.39 is 0 Å². The summed E-state index contributed by atoms with van der Waals surface area (Å²) in [5, 5.41) is 0. The molecule has 0 aromatic heterocycles. The highest BCUT2D eigenvalue weighted by atomic mass is 15.1. The van der Waals surface area contributed by atoms with E-state index >= 15 is 0 Å². The fourth-order valence-corrected chi connectivity index (χ4v) is 1.21. The summed E-state index contributed by atoms with van der Waals surface area (Å²) >= 11 is 0. The lowest BCUT2D eigenvalue weighted by Gasteiger charge is -2.27. The smallest absolute Gasteiger partial charge is 0.0200 e. The highest BCUT2D eigenvalue weighted by Crippen LogP contribution is 2.10. The molecular formula is C13H29N. The predicted molar refractivity (Wildman–Crippen MR) is 67.5 cm³/mol. The number of hydrogen-bond acceptors (Lipinski definition) is 1. The minimum atomic E-state index is 0.785. The lowest BCUT2D eigenvalue weighted by molar-refractivity contribution is 0.298. The van der Waals surface area contributed by atoms with E-state index in [0.717, 1.165) is 18.9 Å². The van der Waals surface area contributed by atoms with Crippen molar-refractivity contribution in [3.63, 3.8) is 0 Å². The largest absolute Gasteiger partial charge is 0.375 e. The van der Waals surface area contributed by atoms with Crippen molar-refractivity contribution in [2.24, 2.45) is 5.92 Å². The van der Waals surface area contributed by atoms with Crippen LogP contribution in [0, 0.1) is 5.92 Å². The van der Waals surface area contributed by atoms with Gasteiger partial charge in [0.1, 0.15) is 0 Å². The highest BCUT2D eigenvalue weighted by Gasteiger charge is 2.07. The molecule has 1 atom stereocenters. The fraction of sp³-hybridized carbons (Fsp3) is 0.846. The monoisotopic (exact) mass is 199 g/mol. The van der Waals surface area contributed by atoms with Gasteiger partial charge in [-0.05, 0) is 19.3 Å². The van der Waals surface area contributed by atoms with Gasteiger partial charge in [-0.25, -0.2) is 0 Å². The third-order valence-corrected chi connectivity index (χ3v) is 2.47. The van der Waals surface area contributed by atoms with Crippen molar-refractivity contribution in [3.8, 4) is 0 Å². The fourth-order valence-electron chi connectivity index (χ4n) is 1.21. The molecule has 0 heterocycles. The normalized spacial score (nSPS) is 11.3. The van der Waals surface area contributed by atoms with Crippen molar-refractivity contribution in [1.29, 1.82) is 0 Å². The van der Waals surface area contributed by atoms with E-state index in [0.29, 0.717) is 0 Å². The molecule has 0 aliphatic heterocycles. The van der Waals surface area contributed by atoms with Gasteiger partial charge >= 0.3 is 0 Å². The first-order valence-corrected chi connectivity index (χ1v) is 6.08. The zero-order chi connectivity index (χ0) is 11.6. The molecule has 0 saturated carbocycles. The Balaban J connectivity index is 0. The van der Waals surface area contributed by atoms with Crippen LogP contribution < -0.4 is 0 Å². The molecule has 0 aliphatic carbocycles. The van der Waals surface area contributed by atoms with Gasteiger partial charge in [-0.2, -0.15) is 0 Å². The molecule has 0 aromatic carbocycles. The summed E-state index contributed by atoms with van der Waals surface area (Å²) in [6.07, 6.45) is 2.33. The molecule has 0 bridgehead atoms. The van der Waals surface area contributed by atoms with Crippen molar-refractivity contribution in [2.45, 2.75) is 54.4 Å². The minimum absolute atomic E-state index is 0.785. The Morgan fingerprint density at radius 2 is 1.71 bits per heavy atom. The molecule has 0 radical (unpaired) electrons. The lowest BCUT2D eigenvalue weighted by Crippen LogP contribution is -2.26. The molecule has 1 unspecified atom stereocenters. The Bertz CT molecular complexity index is 129. The van der Waals surface area contributed by atoms with Crippen molar-refractivity contribution < 1.29 is 0 Å². The average Bonchev–Trinajstić information content (AvgIpc) is 2.27. The SMILES string of the molecule is C=C(CC)N(CC)CC(C)CC.CC. The number of allylic oxidation sites excluding steroid dienone is 1. The van der Waals surface area contributed by atoms with E-state index in [-0.39, 0.29) is 0 Å². The maximum atomic E-state index is 4.06. The molecule has 14 heavy (non-hydrogen) atoms. The number of nitrogens with zero attached hydrogens (tertiary/aromatic N) is 1. The Morgan fingerprint density at radius 1 is 1.21 bits per heavy atom. The Hall–Kier alpha value is -0.460. The van der Waals surface area contributed by atoms with Gasteiger partial charge in [-0.3, -0.25) is 0 Å². The van der Waals surface area contributed by atoms with Gasteiger partial charge in [0.25, 0.3) is 0 Å². The Morgan fingerprint density at radius 3 is 2.00 bits per heavy atom. The van der Waals surface area contributed by atoms with Crippen LogP contribution in [-0.4, -0.2) is 18.0 Å². The minimum Gasteiger partial charge on any atom is -0.375 e. The zero-order valence-electron chi connectivity index (χ0n) is 11.1. The predicted octanol–water partition coefficient (Wildman–Crippen LogP) is 4.30. The second-order valence-electron chi connectivity index (χ2n) is 3.47. The summed E-state index contributed by atoms with van der Waals surface area (Å²) in [5.41, 5.74) is 1.28. The number of hydrogen-bond donors (Lipinski definition) is 0. The van der Waals surface area contributed by atoms with Crippen LogP contribution in [0.3, 0.4) is 0 Å². The van der Waals surface area contributed by atoms with Gasteiger partial charge in [-0.1, -0.05) is 47.6 Å². The van der Waals surface area contributed by atoms with E-state index in [1.54, 1.807) is 0 Å². The van der Waals surface area contributed by atoms with Crippen LogP contribution in [-0.2, 0) is 0 Å². The molecule has 86 valence electrons. The van der Waals surface area contributed by atoms with Crippen molar-refractivity contribution in [2.75, 3.05) is 13.1 Å². The first kappa shape index (κ1) is 16.0. The summed E-state index contributed by atoms with van der Waals surface area (Å²) in [6.45, 7) is 19.2. The molecule has 1 nitrogen and oxygen atoms in total. The Kier molecular flexibility index (Phi) is 12.1. The molecule has 0 aliphatic rings. The van der Waals surface area contributed by atoms with Gasteiger partial charge in [0.15, 0.2) is 0 Å². The average molecular weight is 199 g/mol. The van der Waals surface area contributed by atoms with Gasteiger partial charge in [0.2, 0.25) is 0 Å². The van der Waals surface area contributed by atoms with E-state index in [1.807, 2.05) is 13.8 Å². The molecule has 0 fully saturated rings. The van der Waals surface area contributed by atoms with Crippen molar-refractivity contribution >= 4 is 0 Å². The first-order chi connectivity index (χ1) is 6.65. The van der Waals surface area contributed by atoms with Crippen LogP contribution in [0.25, 0.3) is 0 Å². The van der Waals surface area contributed by atoms with Gasteiger partial charge in [-0.15, -0.1) is 0 Å². The number of rotatable bonds is 6. The maximum absolute atomic E-state index is 4.06. The molecule has 1 heteroatoms. The lowest BCUT2D eigenvalue weighted by atomic mass is 10.1. The molecular weight excluding hydrogens is 170 g/mol. The third-order valence-electron chi connectivity index (χ3n) is 2.47. The summed E-state index contributed by atoms with van der Waals surface area (Å²) in [5.74, 6) is 0.785. The van der Waals surface area contributed by atoms with E-state index in [4.69, 9.17) is 0 Å². The van der Waals surface area contributed by atoms with Gasteiger partial charge in [0, 0.05) is 18.8 Å². The topological polar surface area (TPSA) is 3.24 Å². The van der Waals surface area contributed by atoms with Crippen LogP contribution in [0.4, 0.5) is 0 Å². The summed E-state index contributed by atoms with van der Waals surface area (Å²) < 4.78 is 0. The van der Waals surface area contributed by atoms with Crippen LogP contribution in [0.5, 0.6) is 0 Å². The first-order valence-electron chi connectivity index (χ1n) is 6.08. The van der Waals surface area contributed by atoms with E-state index in [1.165, 1.54) is 18.7 Å². The molecule has 0 aromatic rings. The highest BCUT2D eigenvalue weighted by molar-refractivity contribution is 4.92. The quantitative estimate of drug-likeness (QED) is 0.616. The standard InChI is InChI=1S/C11H23N.C2H6/c1-6-10(4)9-12(8-3)11(5)7-2;1-2/h10H,5-9H2,1-4H3;1-2H3. The molecule has 0 amide bonds. The zero-order valence-corrected chi connectivity index (χ0v) is 11.1. The third kappa shape index (κ3) is 6.99. The maximum Gasteiger partial charge on any atom is 0.0200 e. The van der Waals surface area contributed by atoms with E-state index in [9.17, 15) is 0 Å². The molecule has 0 rings (SSSR count). The second kappa shape index (κ2) is 10.6. The van der Waals surface area contributed by atoms with Crippen LogP contribution in [0.1, 0.15) is 54.4 Å². The molecule has 0 N–H and O–H groups in total. The summed E-state index contributed by atoms with van der Waals surface area (Å²) in [6, 6.07) is 0. The molecule has 0 spiro atoms. The Labute approximate surface area is 91.2 Å².